The molecule has 2 rings (SSSR count). The third kappa shape index (κ3) is 1.45. The summed E-state index contributed by atoms with van der Waals surface area (Å²) in [6.07, 6.45) is 2.75. The summed E-state index contributed by atoms with van der Waals surface area (Å²) in [5.41, 5.74) is 0. The Hall–Kier alpha value is -0.970. The molecule has 5 heteroatoms. The van der Waals surface area contributed by atoms with Crippen molar-refractivity contribution in [1.82, 2.24) is 4.90 Å². The smallest absolute Gasteiger partial charge is 0.331 e. The molecule has 88 valence electrons. The zero-order valence-electron chi connectivity index (χ0n) is 9.34. The van der Waals surface area contributed by atoms with Crippen LogP contribution in [0, 0.1) is 5.92 Å². The molecular formula is C11H15NO3S. The molecule has 3 unspecified atom stereocenters. The van der Waals surface area contributed by atoms with Crippen LogP contribution < -0.4 is 0 Å². The summed E-state index contributed by atoms with van der Waals surface area (Å²) in [5, 5.41) is 9.16. The Morgan fingerprint density at radius 2 is 2.25 bits per heavy atom. The van der Waals surface area contributed by atoms with Crippen molar-refractivity contribution < 1.29 is 14.7 Å². The fraction of sp³-hybridized carbons (Fsp3) is 0.636. The summed E-state index contributed by atoms with van der Waals surface area (Å²) in [5.74, 6) is -0.0986. The van der Waals surface area contributed by atoms with Gasteiger partial charge in [-0.15, -0.1) is 11.8 Å². The molecule has 0 aromatic rings. The summed E-state index contributed by atoms with van der Waals surface area (Å²) < 4.78 is 0. The number of carbonyl (C=O) groups excluding carboxylic acids is 1. The first-order valence-electron chi connectivity index (χ1n) is 5.51. The van der Waals surface area contributed by atoms with Crippen LogP contribution in [0.25, 0.3) is 0 Å². The van der Waals surface area contributed by atoms with Crippen molar-refractivity contribution in [2.45, 2.75) is 32.4 Å². The molecule has 16 heavy (non-hydrogen) atoms. The number of aliphatic carboxylic acids is 1. The second-order valence-electron chi connectivity index (χ2n) is 3.99. The number of nitrogens with zero attached hydrogens (tertiary/aromatic N) is 1. The van der Waals surface area contributed by atoms with E-state index in [0.717, 1.165) is 17.1 Å². The number of β-lactam (4-membered cyclic amide) rings is 1. The number of carboxylic acid groups (broad SMARTS) is 1. The highest BCUT2D eigenvalue weighted by molar-refractivity contribution is 8.03. The minimum absolute atomic E-state index is 0.00296. The lowest BCUT2D eigenvalue weighted by atomic mass is 9.86. The Morgan fingerprint density at radius 1 is 1.56 bits per heavy atom. The molecule has 1 saturated heterocycles. The van der Waals surface area contributed by atoms with E-state index in [-0.39, 0.29) is 17.9 Å². The van der Waals surface area contributed by atoms with Gasteiger partial charge in [0.2, 0.25) is 5.91 Å². The Balaban J connectivity index is 2.23. The van der Waals surface area contributed by atoms with Crippen LogP contribution in [0.3, 0.4) is 0 Å². The van der Waals surface area contributed by atoms with Crippen molar-refractivity contribution in [2.24, 2.45) is 5.92 Å². The molecule has 2 heterocycles. The molecule has 0 aromatic carbocycles. The summed E-state index contributed by atoms with van der Waals surface area (Å²) in [4.78, 5) is 25.3. The van der Waals surface area contributed by atoms with Crippen molar-refractivity contribution in [3.8, 4) is 0 Å². The van der Waals surface area contributed by atoms with Gasteiger partial charge in [0.15, 0.2) is 6.04 Å². The van der Waals surface area contributed by atoms with Gasteiger partial charge in [-0.05, 0) is 18.2 Å². The van der Waals surface area contributed by atoms with E-state index < -0.39 is 12.0 Å². The third-order valence-electron chi connectivity index (χ3n) is 3.17. The van der Waals surface area contributed by atoms with Crippen LogP contribution in [0.15, 0.2) is 11.0 Å². The monoisotopic (exact) mass is 241 g/mol. The molecule has 3 atom stereocenters. The predicted octanol–water partition coefficient (Wildman–Crippen LogP) is 1.33. The molecule has 0 saturated carbocycles. The maximum absolute atomic E-state index is 11.8. The molecule has 0 spiro atoms. The minimum atomic E-state index is -0.919. The Labute approximate surface area is 98.7 Å². The first kappa shape index (κ1) is 11.5. The van der Waals surface area contributed by atoms with Crippen LogP contribution in [0.4, 0.5) is 0 Å². The van der Waals surface area contributed by atoms with Crippen molar-refractivity contribution in [1.29, 1.82) is 0 Å². The SMILES string of the molecule is CCSC1=CC2C(CC)C(=O)N2C1C(=O)O. The van der Waals surface area contributed by atoms with Crippen LogP contribution >= 0.6 is 11.8 Å². The van der Waals surface area contributed by atoms with E-state index in [4.69, 9.17) is 5.11 Å². The van der Waals surface area contributed by atoms with Crippen molar-refractivity contribution in [3.63, 3.8) is 0 Å². The minimum Gasteiger partial charge on any atom is -0.479 e. The first-order chi connectivity index (χ1) is 7.61. The molecule has 0 aliphatic carbocycles. The van der Waals surface area contributed by atoms with Crippen LogP contribution in [-0.2, 0) is 9.59 Å². The van der Waals surface area contributed by atoms with Gasteiger partial charge in [0, 0.05) is 4.91 Å². The lowest BCUT2D eigenvalue weighted by molar-refractivity contribution is -0.162. The molecule has 1 N–H and O–H groups in total. The molecule has 4 nitrogen and oxygen atoms in total. The van der Waals surface area contributed by atoms with Gasteiger partial charge in [-0.25, -0.2) is 4.79 Å². The number of carboxylic acids is 1. The molecule has 2 aliphatic heterocycles. The second-order valence-corrected chi connectivity index (χ2v) is 5.33. The van der Waals surface area contributed by atoms with Gasteiger partial charge in [0.05, 0.1) is 12.0 Å². The van der Waals surface area contributed by atoms with Gasteiger partial charge in [-0.3, -0.25) is 4.79 Å². The van der Waals surface area contributed by atoms with Gasteiger partial charge >= 0.3 is 5.97 Å². The Morgan fingerprint density at radius 3 is 2.75 bits per heavy atom. The van der Waals surface area contributed by atoms with Crippen LogP contribution in [0.5, 0.6) is 0 Å². The highest BCUT2D eigenvalue weighted by Gasteiger charge is 2.55. The van der Waals surface area contributed by atoms with Gasteiger partial charge in [-0.1, -0.05) is 13.8 Å². The zero-order valence-corrected chi connectivity index (χ0v) is 10.2. The number of fused-ring (bicyclic) bond motifs is 1. The van der Waals surface area contributed by atoms with Gasteiger partial charge in [0.25, 0.3) is 0 Å². The number of thioether (sulfide) groups is 1. The number of hydrogen-bond donors (Lipinski definition) is 1. The highest BCUT2D eigenvalue weighted by Crippen LogP contribution is 2.43. The van der Waals surface area contributed by atoms with Gasteiger partial charge in [0.1, 0.15) is 0 Å². The number of rotatable bonds is 4. The van der Waals surface area contributed by atoms with E-state index >= 15 is 0 Å². The van der Waals surface area contributed by atoms with E-state index in [2.05, 4.69) is 0 Å². The molecule has 1 amide bonds. The Kier molecular flexibility index (Phi) is 2.97. The maximum Gasteiger partial charge on any atom is 0.331 e. The predicted molar refractivity (Wildman–Crippen MR) is 62.1 cm³/mol. The van der Waals surface area contributed by atoms with E-state index in [1.165, 1.54) is 16.7 Å². The fourth-order valence-corrected chi connectivity index (χ4v) is 3.38. The molecule has 2 aliphatic rings. The highest BCUT2D eigenvalue weighted by atomic mass is 32.2. The van der Waals surface area contributed by atoms with Crippen LogP contribution in [0.1, 0.15) is 20.3 Å². The lowest BCUT2D eigenvalue weighted by Gasteiger charge is -2.44. The summed E-state index contributed by atoms with van der Waals surface area (Å²) in [7, 11) is 0. The number of carbonyl (C=O) groups is 2. The van der Waals surface area contributed by atoms with E-state index in [1.54, 1.807) is 0 Å². The second kappa shape index (κ2) is 4.13. The summed E-state index contributed by atoms with van der Waals surface area (Å²) >= 11 is 1.52. The average molecular weight is 241 g/mol. The van der Waals surface area contributed by atoms with E-state index in [0.29, 0.717) is 0 Å². The molecular weight excluding hydrogens is 226 g/mol. The molecule has 1 fully saturated rings. The quantitative estimate of drug-likeness (QED) is 0.754. The third-order valence-corrected chi connectivity index (χ3v) is 4.15. The fourth-order valence-electron chi connectivity index (χ4n) is 2.44. The largest absolute Gasteiger partial charge is 0.479 e. The lowest BCUT2D eigenvalue weighted by Crippen LogP contribution is -2.62. The van der Waals surface area contributed by atoms with Crippen molar-refractivity contribution in [3.05, 3.63) is 11.0 Å². The van der Waals surface area contributed by atoms with Crippen LogP contribution in [-0.4, -0.2) is 39.7 Å². The molecule has 0 bridgehead atoms. The molecule has 0 radical (unpaired) electrons. The summed E-state index contributed by atoms with van der Waals surface area (Å²) in [6, 6.07) is -0.710. The Bertz CT molecular complexity index is 366. The van der Waals surface area contributed by atoms with Crippen molar-refractivity contribution >= 4 is 23.6 Å². The van der Waals surface area contributed by atoms with E-state index in [9.17, 15) is 9.59 Å². The number of amides is 1. The standard InChI is InChI=1S/C11H15NO3S/c1-3-6-7-5-8(16-4-2)9(11(14)15)12(7)10(6)13/h5-7,9H,3-4H2,1-2H3,(H,14,15). The van der Waals surface area contributed by atoms with Crippen molar-refractivity contribution in [2.75, 3.05) is 5.75 Å². The molecule has 0 aromatic heterocycles. The zero-order chi connectivity index (χ0) is 11.9. The maximum atomic E-state index is 11.8. The average Bonchev–Trinajstić information content (AvgIpc) is 2.55. The summed E-state index contributed by atoms with van der Waals surface area (Å²) in [6.45, 7) is 3.95. The normalized spacial score (nSPS) is 32.1. The van der Waals surface area contributed by atoms with Crippen LogP contribution in [0.2, 0.25) is 0 Å². The van der Waals surface area contributed by atoms with Gasteiger partial charge < -0.3 is 10.0 Å². The topological polar surface area (TPSA) is 57.6 Å². The number of hydrogen-bond acceptors (Lipinski definition) is 3. The van der Waals surface area contributed by atoms with Gasteiger partial charge in [-0.2, -0.15) is 0 Å². The van der Waals surface area contributed by atoms with E-state index in [1.807, 2.05) is 19.9 Å². The first-order valence-corrected chi connectivity index (χ1v) is 6.49.